The normalized spacial score (nSPS) is 13.7. The molecule has 0 aromatic heterocycles. The van der Waals surface area contributed by atoms with E-state index in [1.54, 1.807) is 31.2 Å². The van der Waals surface area contributed by atoms with Crippen molar-refractivity contribution in [3.8, 4) is 5.75 Å². The van der Waals surface area contributed by atoms with Crippen LogP contribution in [0.1, 0.15) is 31.4 Å². The van der Waals surface area contributed by atoms with Crippen molar-refractivity contribution in [3.05, 3.63) is 59.7 Å². The third kappa shape index (κ3) is 5.82. The second-order valence-corrected chi connectivity index (χ2v) is 9.07. The second-order valence-electron chi connectivity index (χ2n) is 7.05. The van der Waals surface area contributed by atoms with E-state index in [1.165, 1.54) is 6.26 Å². The summed E-state index contributed by atoms with van der Waals surface area (Å²) in [5, 5.41) is 9.38. The first-order chi connectivity index (χ1) is 12.6. The van der Waals surface area contributed by atoms with Crippen molar-refractivity contribution in [1.82, 2.24) is 0 Å². The average molecular weight is 391 g/mol. The molecule has 0 bridgehead atoms. The van der Waals surface area contributed by atoms with Crippen molar-refractivity contribution >= 4 is 15.8 Å². The molecule has 0 radical (unpaired) electrons. The number of rotatable bonds is 9. The fourth-order valence-corrected chi connectivity index (χ4v) is 3.33. The standard InChI is InChI=1S/C21H26O5S/c1-4-21(2,20(22)23)15-17-5-9-18(10-6-17)26-14-13-16-7-11-19(12-8-16)27(3,24)25/h5-12H,4,13-15H2,1-3H3,(H,22,23). The van der Waals surface area contributed by atoms with Gasteiger partial charge in [-0.1, -0.05) is 31.2 Å². The van der Waals surface area contributed by atoms with Gasteiger partial charge in [0.2, 0.25) is 0 Å². The molecule has 146 valence electrons. The summed E-state index contributed by atoms with van der Waals surface area (Å²) in [5.41, 5.74) is 1.20. The largest absolute Gasteiger partial charge is 0.493 e. The van der Waals surface area contributed by atoms with E-state index >= 15 is 0 Å². The van der Waals surface area contributed by atoms with Crippen LogP contribution in [0.5, 0.6) is 5.75 Å². The number of hydrogen-bond acceptors (Lipinski definition) is 4. The fraction of sp³-hybridized carbons (Fsp3) is 0.381. The molecule has 0 fully saturated rings. The van der Waals surface area contributed by atoms with Crippen LogP contribution in [0.3, 0.4) is 0 Å². The molecule has 0 aliphatic carbocycles. The molecule has 5 nitrogen and oxygen atoms in total. The summed E-state index contributed by atoms with van der Waals surface area (Å²) in [6.07, 6.45) is 2.90. The summed E-state index contributed by atoms with van der Waals surface area (Å²) < 4.78 is 28.6. The Kier molecular flexibility index (Phi) is 6.65. The molecule has 0 saturated carbocycles. The summed E-state index contributed by atoms with van der Waals surface area (Å²) in [5.74, 6) is -0.0627. The van der Waals surface area contributed by atoms with Crippen LogP contribution in [0.4, 0.5) is 0 Å². The van der Waals surface area contributed by atoms with E-state index in [2.05, 4.69) is 0 Å². The van der Waals surface area contributed by atoms with Crippen molar-refractivity contribution in [1.29, 1.82) is 0 Å². The zero-order chi connectivity index (χ0) is 20.1. The monoisotopic (exact) mass is 390 g/mol. The number of hydrogen-bond donors (Lipinski definition) is 1. The maximum atomic E-state index is 11.5. The first-order valence-electron chi connectivity index (χ1n) is 8.88. The smallest absolute Gasteiger partial charge is 0.309 e. The van der Waals surface area contributed by atoms with Crippen LogP contribution in [-0.4, -0.2) is 32.4 Å². The molecule has 0 heterocycles. The van der Waals surface area contributed by atoms with Crippen molar-refractivity contribution in [2.75, 3.05) is 12.9 Å². The minimum Gasteiger partial charge on any atom is -0.493 e. The van der Waals surface area contributed by atoms with E-state index in [0.29, 0.717) is 30.8 Å². The van der Waals surface area contributed by atoms with Crippen molar-refractivity contribution < 1.29 is 23.1 Å². The molecule has 0 aliphatic heterocycles. The van der Waals surface area contributed by atoms with Crippen LogP contribution < -0.4 is 4.74 Å². The molecule has 2 aromatic carbocycles. The lowest BCUT2D eigenvalue weighted by atomic mass is 9.81. The Morgan fingerprint density at radius 3 is 2.07 bits per heavy atom. The zero-order valence-corrected chi connectivity index (χ0v) is 16.8. The molecule has 1 N–H and O–H groups in total. The van der Waals surface area contributed by atoms with Crippen LogP contribution in [-0.2, 0) is 27.5 Å². The predicted molar refractivity (Wildman–Crippen MR) is 105 cm³/mol. The number of aliphatic carboxylic acids is 1. The number of benzene rings is 2. The highest BCUT2D eigenvalue weighted by Crippen LogP contribution is 2.27. The van der Waals surface area contributed by atoms with Crippen LogP contribution in [0, 0.1) is 5.41 Å². The van der Waals surface area contributed by atoms with Gasteiger partial charge in [0, 0.05) is 12.7 Å². The molecule has 1 atom stereocenters. The Balaban J connectivity index is 1.89. The lowest BCUT2D eigenvalue weighted by molar-refractivity contribution is -0.148. The summed E-state index contributed by atoms with van der Waals surface area (Å²) in [6.45, 7) is 4.11. The third-order valence-corrected chi connectivity index (χ3v) is 5.95. The van der Waals surface area contributed by atoms with Gasteiger partial charge in [-0.25, -0.2) is 8.42 Å². The number of sulfone groups is 1. The molecule has 0 saturated heterocycles. The summed E-state index contributed by atoms with van der Waals surface area (Å²) >= 11 is 0. The first kappa shape index (κ1) is 21.0. The molecule has 2 rings (SSSR count). The van der Waals surface area contributed by atoms with Crippen molar-refractivity contribution in [2.45, 2.75) is 38.0 Å². The molecule has 1 unspecified atom stereocenters. The van der Waals surface area contributed by atoms with Crippen LogP contribution in [0.15, 0.2) is 53.4 Å². The highest BCUT2D eigenvalue weighted by molar-refractivity contribution is 7.90. The van der Waals surface area contributed by atoms with Crippen LogP contribution in [0.25, 0.3) is 0 Å². The van der Waals surface area contributed by atoms with Crippen LogP contribution in [0.2, 0.25) is 0 Å². The Hall–Kier alpha value is -2.34. The maximum Gasteiger partial charge on any atom is 0.309 e. The van der Waals surface area contributed by atoms with Gasteiger partial charge in [0.25, 0.3) is 0 Å². The minimum absolute atomic E-state index is 0.309. The average Bonchev–Trinajstić information content (AvgIpc) is 2.62. The van der Waals surface area contributed by atoms with E-state index in [0.717, 1.165) is 16.9 Å². The maximum absolute atomic E-state index is 11.5. The predicted octanol–water partition coefficient (Wildman–Crippen LogP) is 3.76. The number of carbonyl (C=O) groups is 1. The van der Waals surface area contributed by atoms with Gasteiger partial charge in [0.05, 0.1) is 16.9 Å². The van der Waals surface area contributed by atoms with E-state index < -0.39 is 21.2 Å². The summed E-state index contributed by atoms with van der Waals surface area (Å²) in [6, 6.07) is 14.3. The van der Waals surface area contributed by atoms with Gasteiger partial charge in [-0.05, 0) is 55.2 Å². The lowest BCUT2D eigenvalue weighted by Gasteiger charge is -2.23. The number of ether oxygens (including phenoxy) is 1. The van der Waals surface area contributed by atoms with Crippen LogP contribution >= 0.6 is 0 Å². The van der Waals surface area contributed by atoms with Gasteiger partial charge in [-0.3, -0.25) is 4.79 Å². The molecule has 2 aromatic rings. The summed E-state index contributed by atoms with van der Waals surface area (Å²) in [4.78, 5) is 11.7. The second kappa shape index (κ2) is 8.57. The number of carboxylic acids is 1. The Morgan fingerprint density at radius 1 is 1.04 bits per heavy atom. The number of carboxylic acid groups (broad SMARTS) is 1. The van der Waals surface area contributed by atoms with Gasteiger partial charge < -0.3 is 9.84 Å². The van der Waals surface area contributed by atoms with Gasteiger partial charge in [0.1, 0.15) is 5.75 Å². The van der Waals surface area contributed by atoms with Gasteiger partial charge in [-0.15, -0.1) is 0 Å². The van der Waals surface area contributed by atoms with Gasteiger partial charge in [0.15, 0.2) is 9.84 Å². The Morgan fingerprint density at radius 2 is 1.59 bits per heavy atom. The lowest BCUT2D eigenvalue weighted by Crippen LogP contribution is -2.29. The van der Waals surface area contributed by atoms with E-state index in [9.17, 15) is 18.3 Å². The minimum atomic E-state index is -3.18. The van der Waals surface area contributed by atoms with E-state index in [-0.39, 0.29) is 0 Å². The SMILES string of the molecule is CCC(C)(Cc1ccc(OCCc2ccc(S(C)(=O)=O)cc2)cc1)C(=O)O. The molecule has 0 amide bonds. The molecular weight excluding hydrogens is 364 g/mol. The van der Waals surface area contributed by atoms with E-state index in [4.69, 9.17) is 4.74 Å². The quantitative estimate of drug-likeness (QED) is 0.705. The molecular formula is C21H26O5S. The highest BCUT2D eigenvalue weighted by atomic mass is 32.2. The Labute approximate surface area is 160 Å². The fourth-order valence-electron chi connectivity index (χ4n) is 2.70. The first-order valence-corrected chi connectivity index (χ1v) is 10.8. The van der Waals surface area contributed by atoms with Gasteiger partial charge >= 0.3 is 5.97 Å². The van der Waals surface area contributed by atoms with Crippen molar-refractivity contribution in [2.24, 2.45) is 5.41 Å². The third-order valence-electron chi connectivity index (χ3n) is 4.83. The molecule has 27 heavy (non-hydrogen) atoms. The summed E-state index contributed by atoms with van der Waals surface area (Å²) in [7, 11) is -3.18. The van der Waals surface area contributed by atoms with Gasteiger partial charge in [-0.2, -0.15) is 0 Å². The Bertz CT molecular complexity index is 870. The van der Waals surface area contributed by atoms with Crippen molar-refractivity contribution in [3.63, 3.8) is 0 Å². The molecule has 6 heteroatoms. The zero-order valence-electron chi connectivity index (χ0n) is 15.9. The molecule has 0 spiro atoms. The topological polar surface area (TPSA) is 80.7 Å². The molecule has 0 aliphatic rings. The highest BCUT2D eigenvalue weighted by Gasteiger charge is 2.31. The van der Waals surface area contributed by atoms with E-state index in [1.807, 2.05) is 31.2 Å².